The normalized spacial score (nSPS) is 33.7. The number of hydrogen-bond acceptors (Lipinski definition) is 14. The highest BCUT2D eigenvalue weighted by Gasteiger charge is 2.84. The van der Waals surface area contributed by atoms with E-state index >= 15 is 4.79 Å². The molecule has 11 rings (SSSR count). The second-order valence-electron chi connectivity index (χ2n) is 20.5. The van der Waals surface area contributed by atoms with Crippen molar-refractivity contribution in [3.63, 3.8) is 0 Å². The van der Waals surface area contributed by atoms with Gasteiger partial charge in [-0.05, 0) is 105 Å². The number of esters is 1. The lowest BCUT2D eigenvalue weighted by molar-refractivity contribution is -0.277. The fourth-order valence-electron chi connectivity index (χ4n) is 12.0. The van der Waals surface area contributed by atoms with Crippen LogP contribution in [0.2, 0.25) is 0 Å². The summed E-state index contributed by atoms with van der Waals surface area (Å²) in [4.78, 5) is 34.0. The summed E-state index contributed by atoms with van der Waals surface area (Å²) < 4.78 is 42.6. The number of ether oxygens (including phenoxy) is 6. The monoisotopic (exact) mass is 919 g/mol. The van der Waals surface area contributed by atoms with Gasteiger partial charge in [-0.2, -0.15) is 0 Å². The van der Waals surface area contributed by atoms with Gasteiger partial charge in [-0.25, -0.2) is 9.78 Å². The molecule has 67 heavy (non-hydrogen) atoms. The van der Waals surface area contributed by atoms with E-state index < -0.39 is 77.6 Å². The van der Waals surface area contributed by atoms with E-state index in [9.17, 15) is 25.2 Å². The number of rotatable bonds is 11. The molecule has 11 atom stereocenters. The highest BCUT2D eigenvalue weighted by Crippen LogP contribution is 2.74. The molecule has 4 bridgehead atoms. The predicted molar refractivity (Wildman–Crippen MR) is 248 cm³/mol. The van der Waals surface area contributed by atoms with E-state index in [1.54, 1.807) is 13.0 Å². The Morgan fingerprint density at radius 2 is 1.73 bits per heavy atom. The van der Waals surface area contributed by atoms with Gasteiger partial charge in [0.05, 0.1) is 53.2 Å². The Morgan fingerprint density at radius 1 is 0.985 bits per heavy atom. The number of Topliss-reactive ketones (excluding diaryl/α,β-unsaturated/α-hetero) is 1. The number of nitrogens with zero attached hydrogens (tertiary/aromatic N) is 2. The van der Waals surface area contributed by atoms with Crippen LogP contribution in [0, 0.1) is 11.8 Å². The maximum Gasteiger partial charge on any atom is 0.333 e. The third-order valence-electron chi connectivity index (χ3n) is 15.2. The number of methoxy groups -OCH3 is 1. The molecule has 15 nitrogen and oxygen atoms in total. The summed E-state index contributed by atoms with van der Waals surface area (Å²) in [5.74, 6) is -0.184. The largest absolute Gasteiger partial charge is 0.482 e. The van der Waals surface area contributed by atoms with Gasteiger partial charge in [-0.1, -0.05) is 41.5 Å². The van der Waals surface area contributed by atoms with Crippen molar-refractivity contribution in [2.45, 2.75) is 147 Å². The van der Waals surface area contributed by atoms with Crippen LogP contribution in [-0.2, 0) is 30.2 Å². The molecule has 1 aromatic heterocycles. The average molecular weight is 920 g/mol. The first-order valence-electron chi connectivity index (χ1n) is 23.3. The Kier molecular flexibility index (Phi) is 10.8. The van der Waals surface area contributed by atoms with Gasteiger partial charge in [0.1, 0.15) is 47.3 Å². The number of hydrogen-bond donors (Lipinski definition) is 5. The van der Waals surface area contributed by atoms with Gasteiger partial charge < -0.3 is 58.7 Å². The summed E-state index contributed by atoms with van der Waals surface area (Å²) in [7, 11) is 1.32. The van der Waals surface area contributed by atoms with Crippen LogP contribution in [0.15, 0.2) is 70.9 Å². The van der Waals surface area contributed by atoms with E-state index in [1.807, 2.05) is 71.0 Å². The Morgan fingerprint density at radius 3 is 2.45 bits per heavy atom. The Balaban J connectivity index is 1.30. The number of aromatic nitrogens is 2. The van der Waals surface area contributed by atoms with Crippen LogP contribution < -0.4 is 19.5 Å². The fourth-order valence-corrected chi connectivity index (χ4v) is 12.0. The second kappa shape index (κ2) is 15.9. The molecule has 5 fully saturated rings. The minimum atomic E-state index is -1.75. The van der Waals surface area contributed by atoms with E-state index in [0.29, 0.717) is 64.7 Å². The van der Waals surface area contributed by atoms with Crippen molar-refractivity contribution in [1.82, 2.24) is 9.55 Å². The van der Waals surface area contributed by atoms with Crippen molar-refractivity contribution in [1.29, 1.82) is 0 Å². The molecule has 6 heterocycles. The third-order valence-corrected chi connectivity index (χ3v) is 15.2. The molecule has 356 valence electrons. The zero-order chi connectivity index (χ0) is 47.7. The van der Waals surface area contributed by atoms with Crippen molar-refractivity contribution in [3.8, 4) is 17.2 Å². The summed E-state index contributed by atoms with van der Waals surface area (Å²) in [6, 6.07) is 7.18. The molecule has 5 aliphatic heterocycles. The molecule has 8 aliphatic rings. The molecule has 6 unspecified atom stereocenters. The SMILES string of the molecule is COC(=O)/C(C)=C\CC12OC(C)(C)C3CC(C1=O)C1C4=C(Nc5nc6ccccc6n51)c1c(O[C@H]5O[C@@H](CO)[C@H](O)[C@@H](O)[C@@H]5O)c5c(c(CC=C(C)C)c1OC432)OC(C)(CCC=C(C)C)C=C5. The summed E-state index contributed by atoms with van der Waals surface area (Å²) in [5.41, 5.74) is 2.22. The molecule has 1 spiro atoms. The number of imidazole rings is 1. The van der Waals surface area contributed by atoms with Crippen molar-refractivity contribution >= 4 is 40.5 Å². The van der Waals surface area contributed by atoms with E-state index in [1.165, 1.54) is 12.7 Å². The van der Waals surface area contributed by atoms with E-state index in [2.05, 4.69) is 35.9 Å². The van der Waals surface area contributed by atoms with Gasteiger partial charge in [-0.15, -0.1) is 0 Å². The molecule has 0 radical (unpaired) electrons. The number of para-hydroxylation sites is 2. The van der Waals surface area contributed by atoms with Crippen LogP contribution >= 0.6 is 0 Å². The van der Waals surface area contributed by atoms with Gasteiger partial charge >= 0.3 is 5.97 Å². The number of aliphatic hydroxyl groups excluding tert-OH is 4. The molecule has 3 aliphatic carbocycles. The number of nitrogens with one attached hydrogen (secondary N) is 1. The third kappa shape index (κ3) is 6.55. The molecule has 5 N–H and O–H groups in total. The minimum Gasteiger partial charge on any atom is -0.482 e. The van der Waals surface area contributed by atoms with Crippen LogP contribution in [0.25, 0.3) is 22.8 Å². The summed E-state index contributed by atoms with van der Waals surface area (Å²) in [6.45, 7) is 15.2. The van der Waals surface area contributed by atoms with Gasteiger partial charge in [0, 0.05) is 35.0 Å². The van der Waals surface area contributed by atoms with E-state index in [-0.39, 0.29) is 23.9 Å². The first-order chi connectivity index (χ1) is 31.8. The van der Waals surface area contributed by atoms with Crippen LogP contribution in [-0.4, -0.2) is 109 Å². The Hall–Kier alpha value is -5.29. The highest BCUT2D eigenvalue weighted by molar-refractivity contribution is 6.03. The van der Waals surface area contributed by atoms with Crippen LogP contribution in [0.4, 0.5) is 5.95 Å². The number of aliphatic hydroxyl groups is 4. The number of fused-ring (bicyclic) bond motifs is 6. The second-order valence-corrected chi connectivity index (χ2v) is 20.5. The molecular weight excluding hydrogens is 859 g/mol. The lowest BCUT2D eigenvalue weighted by Crippen LogP contribution is -2.75. The molecule has 3 aromatic rings. The van der Waals surface area contributed by atoms with Crippen LogP contribution in [0.1, 0.15) is 104 Å². The first-order valence-corrected chi connectivity index (χ1v) is 23.3. The summed E-state index contributed by atoms with van der Waals surface area (Å²) in [5, 5.41) is 47.5. The lowest BCUT2D eigenvalue weighted by Gasteiger charge is -2.62. The zero-order valence-corrected chi connectivity index (χ0v) is 39.5. The number of ketones is 1. The highest BCUT2D eigenvalue weighted by atomic mass is 16.7. The molecule has 3 saturated carbocycles. The average Bonchev–Trinajstić information content (AvgIpc) is 3.73. The number of anilines is 1. The molecule has 2 saturated heterocycles. The predicted octanol–water partition coefficient (Wildman–Crippen LogP) is 6.42. The summed E-state index contributed by atoms with van der Waals surface area (Å²) >= 11 is 0. The van der Waals surface area contributed by atoms with Crippen molar-refractivity contribution < 1.29 is 58.4 Å². The number of carbonyl (C=O) groups excluding carboxylic acids is 2. The Bertz CT molecular complexity index is 2750. The number of benzene rings is 2. The van der Waals surface area contributed by atoms with E-state index in [4.69, 9.17) is 33.4 Å². The fraction of sp³-hybridized carbons (Fsp3) is 0.519. The van der Waals surface area contributed by atoms with Crippen molar-refractivity contribution in [2.75, 3.05) is 19.0 Å². The van der Waals surface area contributed by atoms with Crippen LogP contribution in [0.3, 0.4) is 0 Å². The first kappa shape index (κ1) is 45.5. The van der Waals surface area contributed by atoms with Crippen molar-refractivity contribution in [2.24, 2.45) is 11.8 Å². The van der Waals surface area contributed by atoms with Crippen LogP contribution in [0.5, 0.6) is 17.2 Å². The summed E-state index contributed by atoms with van der Waals surface area (Å²) in [6.07, 6.45) is 4.13. The number of allylic oxidation sites excluding steroid dienone is 4. The van der Waals surface area contributed by atoms with Gasteiger partial charge in [0.2, 0.25) is 12.2 Å². The molecule has 2 aromatic carbocycles. The molecule has 15 heteroatoms. The van der Waals surface area contributed by atoms with Gasteiger partial charge in [0.15, 0.2) is 17.0 Å². The molecular formula is C52H61N3O12. The maximum atomic E-state index is 15.9. The quantitative estimate of drug-likeness (QED) is 0.0802. The maximum absolute atomic E-state index is 15.9. The lowest BCUT2D eigenvalue weighted by atomic mass is 9.47. The standard InChI is InChI=1S/C52H61N3O12/c1-25(2)13-12-20-50(8)21-19-29-42(65-50)28(17-16-26(3)4)44-35(43(29)64-47-41(59)40(58)39(57)33(24-56)63-47)37-36-38(55-32-15-11-10-14-31(32)53-48(55)54-37)30-23-34-49(6,7)67-51(45(30)60,52(34,36)66-44)22-18-27(5)46(61)62-9/h10-11,13-16,18-19,21,30,33-34,38-41,47,56-59H,12,17,20,22-24H2,1-9H3,(H,53,54)/b27-18-/t30?,33-,34?,38?,39-,40+,41-,47+,50?,51?,52?/m0/s1. The Labute approximate surface area is 389 Å². The topological polar surface area (TPSA) is 200 Å². The van der Waals surface area contributed by atoms with E-state index in [0.717, 1.165) is 28.6 Å². The van der Waals surface area contributed by atoms with Crippen molar-refractivity contribution in [3.05, 3.63) is 87.6 Å². The zero-order valence-electron chi connectivity index (χ0n) is 39.5. The van der Waals surface area contributed by atoms with Gasteiger partial charge in [0.25, 0.3) is 0 Å². The van der Waals surface area contributed by atoms with Gasteiger partial charge in [-0.3, -0.25) is 4.79 Å². The number of carbonyl (C=O) groups is 2. The molecule has 0 amide bonds. The minimum absolute atomic E-state index is 0.00368. The smallest absolute Gasteiger partial charge is 0.333 e.